The highest BCUT2D eigenvalue weighted by molar-refractivity contribution is 9.10. The molecule has 0 aliphatic carbocycles. The second kappa shape index (κ2) is 7.89. The molecule has 0 unspecified atom stereocenters. The average molecular weight is 476 g/mol. The van der Waals surface area contributed by atoms with Crippen molar-refractivity contribution in [3.8, 4) is 5.69 Å². The number of unbranched alkanes of at least 4 members (excludes halogenated alkanes) is 1. The molecule has 3 aromatic heterocycles. The molecule has 0 N–H and O–H groups in total. The van der Waals surface area contributed by atoms with Crippen molar-refractivity contribution in [1.82, 2.24) is 24.1 Å². The zero-order valence-corrected chi connectivity index (χ0v) is 19.1. The Morgan fingerprint density at radius 1 is 0.903 bits per heavy atom. The lowest BCUT2D eigenvalue weighted by molar-refractivity contribution is 0.579. The Morgan fingerprint density at radius 3 is 2.29 bits per heavy atom. The van der Waals surface area contributed by atoms with Gasteiger partial charge in [0.25, 0.3) is 5.56 Å². The van der Waals surface area contributed by atoms with Crippen LogP contribution in [0.25, 0.3) is 38.9 Å². The average Bonchev–Trinajstić information content (AvgIpc) is 3.10. The topological polar surface area (TPSA) is 65.6 Å². The van der Waals surface area contributed by atoms with Crippen molar-refractivity contribution in [1.29, 1.82) is 0 Å². The Hall–Kier alpha value is -3.06. The minimum Gasteiger partial charge on any atom is -0.296 e. The summed E-state index contributed by atoms with van der Waals surface area (Å²) < 4.78 is 4.76. The van der Waals surface area contributed by atoms with E-state index in [4.69, 9.17) is 15.0 Å². The summed E-state index contributed by atoms with van der Waals surface area (Å²) in [6.07, 6.45) is 2.62. The highest BCUT2D eigenvalue weighted by atomic mass is 79.9. The van der Waals surface area contributed by atoms with Gasteiger partial charge < -0.3 is 0 Å². The monoisotopic (exact) mass is 475 g/mol. The van der Waals surface area contributed by atoms with Gasteiger partial charge in [0.15, 0.2) is 11.3 Å². The second-order valence-electron chi connectivity index (χ2n) is 7.59. The summed E-state index contributed by atoms with van der Waals surface area (Å²) in [4.78, 5) is 28.4. The van der Waals surface area contributed by atoms with Gasteiger partial charge in [0, 0.05) is 23.1 Å². The summed E-state index contributed by atoms with van der Waals surface area (Å²) in [5.74, 6) is 0.789. The van der Waals surface area contributed by atoms with E-state index in [9.17, 15) is 4.79 Å². The van der Waals surface area contributed by atoms with Crippen molar-refractivity contribution in [2.75, 3.05) is 0 Å². The Bertz CT molecular complexity index is 1480. The van der Waals surface area contributed by atoms with Gasteiger partial charge in [0.1, 0.15) is 16.7 Å². The lowest BCUT2D eigenvalue weighted by Gasteiger charge is -2.12. The van der Waals surface area contributed by atoms with E-state index in [-0.39, 0.29) is 5.56 Å². The molecule has 0 atom stereocenters. The molecule has 0 aliphatic heterocycles. The van der Waals surface area contributed by atoms with Crippen LogP contribution in [-0.4, -0.2) is 24.1 Å². The van der Waals surface area contributed by atoms with E-state index in [2.05, 4.69) is 22.9 Å². The Balaban J connectivity index is 1.97. The largest absolute Gasteiger partial charge is 0.296 e. The molecule has 5 rings (SSSR count). The molecule has 0 bridgehead atoms. The smallest absolute Gasteiger partial charge is 0.265 e. The molecule has 6 nitrogen and oxygen atoms in total. The molecule has 2 aromatic carbocycles. The second-order valence-corrected chi connectivity index (χ2v) is 8.50. The number of para-hydroxylation sites is 2. The molecule has 0 radical (unpaired) electrons. The number of aromatic nitrogens is 5. The lowest BCUT2D eigenvalue weighted by Crippen LogP contribution is -2.25. The summed E-state index contributed by atoms with van der Waals surface area (Å²) in [6.45, 7) is 4.82. The fourth-order valence-corrected chi connectivity index (χ4v) is 4.29. The van der Waals surface area contributed by atoms with E-state index in [0.29, 0.717) is 35.2 Å². The van der Waals surface area contributed by atoms with Crippen LogP contribution in [0.2, 0.25) is 0 Å². The predicted molar refractivity (Wildman–Crippen MR) is 128 cm³/mol. The summed E-state index contributed by atoms with van der Waals surface area (Å²) in [5.41, 5.74) is 4.27. The van der Waals surface area contributed by atoms with E-state index in [1.165, 1.54) is 0 Å². The van der Waals surface area contributed by atoms with Crippen molar-refractivity contribution >= 4 is 49.2 Å². The number of rotatable bonds is 5. The first kappa shape index (κ1) is 19.9. The molecule has 0 saturated carbocycles. The first-order valence-electron chi connectivity index (χ1n) is 10.6. The number of hydrogen-bond donors (Lipinski definition) is 0. The zero-order chi connectivity index (χ0) is 21.5. The molecule has 0 saturated heterocycles. The van der Waals surface area contributed by atoms with Gasteiger partial charge >= 0.3 is 0 Å². The number of benzene rings is 2. The number of nitrogens with zero attached hydrogens (tertiary/aromatic N) is 5. The molecule has 3 heterocycles. The highest BCUT2D eigenvalue weighted by Crippen LogP contribution is 2.29. The molecule has 0 aliphatic rings. The first-order valence-corrected chi connectivity index (χ1v) is 11.4. The van der Waals surface area contributed by atoms with E-state index >= 15 is 0 Å². The Labute approximate surface area is 187 Å². The number of hydrogen-bond acceptors (Lipinski definition) is 4. The standard InChI is InChI=1S/C24H22BrN5O/c1-3-5-14-29-19(4-2)28-22-20(24(29)31)21-23(27-18-9-7-6-8-17(18)26-21)30(22)16-12-10-15(25)11-13-16/h6-13H,3-5,14H2,1-2H3. The van der Waals surface area contributed by atoms with E-state index in [0.717, 1.165) is 39.9 Å². The van der Waals surface area contributed by atoms with Gasteiger partial charge in [-0.05, 0) is 42.8 Å². The van der Waals surface area contributed by atoms with Gasteiger partial charge in [-0.1, -0.05) is 48.3 Å². The third-order valence-corrected chi connectivity index (χ3v) is 6.11. The van der Waals surface area contributed by atoms with Gasteiger partial charge in [-0.15, -0.1) is 0 Å². The molecule has 5 aromatic rings. The summed E-state index contributed by atoms with van der Waals surface area (Å²) in [6, 6.07) is 15.7. The quantitative estimate of drug-likeness (QED) is 0.340. The van der Waals surface area contributed by atoms with Crippen LogP contribution in [0.3, 0.4) is 0 Å². The van der Waals surface area contributed by atoms with Crippen LogP contribution >= 0.6 is 15.9 Å². The molecule has 31 heavy (non-hydrogen) atoms. The summed E-state index contributed by atoms with van der Waals surface area (Å²) in [5, 5.41) is 0.532. The van der Waals surface area contributed by atoms with Crippen LogP contribution in [0.4, 0.5) is 0 Å². The van der Waals surface area contributed by atoms with E-state index in [1.54, 1.807) is 0 Å². The minimum absolute atomic E-state index is 0.0410. The van der Waals surface area contributed by atoms with Crippen LogP contribution < -0.4 is 5.56 Å². The van der Waals surface area contributed by atoms with Crippen molar-refractivity contribution < 1.29 is 0 Å². The van der Waals surface area contributed by atoms with E-state index in [1.807, 2.05) is 64.6 Å². The van der Waals surface area contributed by atoms with Crippen LogP contribution in [0.5, 0.6) is 0 Å². The van der Waals surface area contributed by atoms with E-state index < -0.39 is 0 Å². The maximum Gasteiger partial charge on any atom is 0.265 e. The van der Waals surface area contributed by atoms with Crippen molar-refractivity contribution in [2.45, 2.75) is 39.7 Å². The Morgan fingerprint density at radius 2 is 1.61 bits per heavy atom. The van der Waals surface area contributed by atoms with Crippen molar-refractivity contribution in [3.05, 3.63) is 69.2 Å². The maximum atomic E-state index is 13.7. The van der Waals surface area contributed by atoms with Gasteiger partial charge in [-0.25, -0.2) is 15.0 Å². The lowest BCUT2D eigenvalue weighted by atomic mass is 10.2. The van der Waals surface area contributed by atoms with Gasteiger partial charge in [-0.3, -0.25) is 13.9 Å². The maximum absolute atomic E-state index is 13.7. The third-order valence-electron chi connectivity index (χ3n) is 5.58. The normalized spacial score (nSPS) is 11.7. The third kappa shape index (κ3) is 3.24. The number of halogens is 1. The minimum atomic E-state index is -0.0410. The number of fused-ring (bicyclic) bond motifs is 4. The van der Waals surface area contributed by atoms with Crippen molar-refractivity contribution in [3.63, 3.8) is 0 Å². The highest BCUT2D eigenvalue weighted by Gasteiger charge is 2.22. The fraction of sp³-hybridized carbons (Fsp3) is 0.250. The van der Waals surface area contributed by atoms with Gasteiger partial charge in [0.05, 0.1) is 11.0 Å². The van der Waals surface area contributed by atoms with Crippen molar-refractivity contribution in [2.24, 2.45) is 0 Å². The van der Waals surface area contributed by atoms with Crippen LogP contribution in [0.1, 0.15) is 32.5 Å². The molecular weight excluding hydrogens is 454 g/mol. The zero-order valence-electron chi connectivity index (χ0n) is 17.5. The van der Waals surface area contributed by atoms with Gasteiger partial charge in [-0.2, -0.15) is 0 Å². The first-order chi connectivity index (χ1) is 15.1. The Kier molecular flexibility index (Phi) is 5.06. The fourth-order valence-electron chi connectivity index (χ4n) is 4.02. The molecule has 0 spiro atoms. The summed E-state index contributed by atoms with van der Waals surface area (Å²) in [7, 11) is 0. The molecule has 0 fully saturated rings. The predicted octanol–water partition coefficient (Wildman–Crippen LogP) is 5.41. The molecule has 156 valence electrons. The number of aryl methyl sites for hydroxylation is 1. The van der Waals surface area contributed by atoms with Crippen LogP contribution in [-0.2, 0) is 13.0 Å². The summed E-state index contributed by atoms with van der Waals surface area (Å²) >= 11 is 3.50. The van der Waals surface area contributed by atoms with Crippen LogP contribution in [0.15, 0.2) is 57.8 Å². The van der Waals surface area contributed by atoms with Crippen LogP contribution in [0, 0.1) is 0 Å². The van der Waals surface area contributed by atoms with Gasteiger partial charge in [0.2, 0.25) is 0 Å². The molecule has 7 heteroatoms. The molecular formula is C24H22BrN5O. The molecule has 0 amide bonds. The SMILES string of the molecule is CCCCn1c(CC)nc2c(c1=O)c1nc3ccccc3nc1n2-c1ccc(Br)cc1.